The van der Waals surface area contributed by atoms with Gasteiger partial charge in [0.2, 0.25) is 0 Å². The van der Waals surface area contributed by atoms with Gasteiger partial charge in [-0.05, 0) is 29.3 Å². The van der Waals surface area contributed by atoms with Crippen LogP contribution in [0.4, 0.5) is 23.4 Å². The highest BCUT2D eigenvalue weighted by Crippen LogP contribution is 2.38. The third-order valence-electron chi connectivity index (χ3n) is 5.54. The molecule has 0 aliphatic rings. The Morgan fingerprint density at radius 1 is 1.11 bits per heavy atom. The first-order valence-corrected chi connectivity index (χ1v) is 10.7. The van der Waals surface area contributed by atoms with E-state index in [1.807, 2.05) is 0 Å². The van der Waals surface area contributed by atoms with Crippen LogP contribution in [-0.2, 0) is 13.2 Å². The molecule has 0 saturated heterocycles. The van der Waals surface area contributed by atoms with E-state index >= 15 is 0 Å². The van der Waals surface area contributed by atoms with Crippen molar-refractivity contribution in [1.82, 2.24) is 20.1 Å². The van der Waals surface area contributed by atoms with E-state index in [1.54, 1.807) is 30.3 Å². The number of carbonyl (C=O) groups excluding carboxylic acids is 1. The number of benzene rings is 2. The fourth-order valence-corrected chi connectivity index (χ4v) is 3.79. The maximum atomic E-state index is 15.0. The first-order chi connectivity index (χ1) is 17.1. The van der Waals surface area contributed by atoms with Gasteiger partial charge in [0, 0.05) is 36.1 Å². The number of nitrogens with zero attached hydrogens (tertiary/aromatic N) is 3. The van der Waals surface area contributed by atoms with Gasteiger partial charge >= 0.3 is 6.18 Å². The van der Waals surface area contributed by atoms with Crippen LogP contribution in [0.2, 0.25) is 0 Å². The smallest absolute Gasteiger partial charge is 0.394 e. The number of hydrogen-bond donors (Lipinski definition) is 3. The van der Waals surface area contributed by atoms with Crippen LogP contribution in [0.15, 0.2) is 67.0 Å². The Morgan fingerprint density at radius 3 is 2.47 bits per heavy atom. The molecule has 0 fully saturated rings. The maximum Gasteiger partial charge on any atom is 0.435 e. The number of aliphatic hydroxyl groups excluding tert-OH is 1. The molecule has 7 nitrogen and oxygen atoms in total. The first kappa shape index (κ1) is 24.9. The number of hydrogen-bond acceptors (Lipinski definition) is 5. The molecule has 11 heteroatoms. The van der Waals surface area contributed by atoms with Gasteiger partial charge in [0.15, 0.2) is 5.69 Å². The number of nitrogens with one attached hydrogen (secondary N) is 1. The Bertz CT molecular complexity index is 1400. The Morgan fingerprint density at radius 2 is 1.83 bits per heavy atom. The highest BCUT2D eigenvalue weighted by atomic mass is 19.4. The van der Waals surface area contributed by atoms with E-state index < -0.39 is 36.2 Å². The number of rotatable bonds is 6. The van der Waals surface area contributed by atoms with Crippen molar-refractivity contribution in [2.45, 2.75) is 12.2 Å². The second-order valence-electron chi connectivity index (χ2n) is 8.03. The molecule has 36 heavy (non-hydrogen) atoms. The summed E-state index contributed by atoms with van der Waals surface area (Å²) in [6.45, 7) is -0.390. The summed E-state index contributed by atoms with van der Waals surface area (Å²) in [6, 6.07) is 13.0. The molecule has 0 aliphatic carbocycles. The number of anilines is 1. The maximum absolute atomic E-state index is 15.0. The van der Waals surface area contributed by atoms with Crippen LogP contribution < -0.4 is 11.1 Å². The van der Waals surface area contributed by atoms with Crippen LogP contribution in [-0.4, -0.2) is 32.4 Å². The summed E-state index contributed by atoms with van der Waals surface area (Å²) in [7, 11) is 1.36. The van der Waals surface area contributed by atoms with Crippen molar-refractivity contribution in [2.75, 3.05) is 12.3 Å². The molecule has 2 heterocycles. The van der Waals surface area contributed by atoms with Crippen LogP contribution in [0.25, 0.3) is 22.3 Å². The number of alkyl halides is 3. The zero-order chi connectivity index (χ0) is 26.0. The molecule has 186 valence electrons. The molecule has 4 rings (SSSR count). The van der Waals surface area contributed by atoms with E-state index in [4.69, 9.17) is 5.73 Å². The van der Waals surface area contributed by atoms with Gasteiger partial charge < -0.3 is 16.2 Å². The summed E-state index contributed by atoms with van der Waals surface area (Å²) < 4.78 is 56.3. The molecule has 0 saturated carbocycles. The van der Waals surface area contributed by atoms with Gasteiger partial charge in [-0.15, -0.1) is 0 Å². The average molecular weight is 499 g/mol. The van der Waals surface area contributed by atoms with Crippen LogP contribution in [0.3, 0.4) is 0 Å². The van der Waals surface area contributed by atoms with Gasteiger partial charge in [0.05, 0.1) is 18.2 Å². The summed E-state index contributed by atoms with van der Waals surface area (Å²) in [6.07, 6.45) is -2.30. The standard InChI is InChI=1S/C25H21F4N5O2/c1-34-12-19(22(33-34)25(27,28)29)16-9-18(23(30)31-11-16)15-7-8-17(20(26)10-15)24(36)32-21(13-35)14-5-3-2-4-6-14/h2-12,21,35H,13H2,1H3,(H2,30,31)(H,32,36). The lowest BCUT2D eigenvalue weighted by Gasteiger charge is -2.17. The summed E-state index contributed by atoms with van der Waals surface area (Å²) in [5, 5.41) is 15.7. The summed E-state index contributed by atoms with van der Waals surface area (Å²) in [5.41, 5.74) is 5.52. The third-order valence-corrected chi connectivity index (χ3v) is 5.54. The van der Waals surface area contributed by atoms with Crippen LogP contribution >= 0.6 is 0 Å². The average Bonchev–Trinajstić information content (AvgIpc) is 3.25. The second kappa shape index (κ2) is 9.78. The Hall–Kier alpha value is -4.25. The molecule has 0 spiro atoms. The largest absolute Gasteiger partial charge is 0.435 e. The lowest BCUT2D eigenvalue weighted by atomic mass is 9.99. The zero-order valence-corrected chi connectivity index (χ0v) is 18.9. The molecule has 1 atom stereocenters. The monoisotopic (exact) mass is 499 g/mol. The van der Waals surface area contributed by atoms with Crippen molar-refractivity contribution < 1.29 is 27.5 Å². The minimum atomic E-state index is -4.69. The van der Waals surface area contributed by atoms with Crippen LogP contribution in [0, 0.1) is 5.82 Å². The predicted molar refractivity (Wildman–Crippen MR) is 125 cm³/mol. The molecule has 4 aromatic rings. The van der Waals surface area contributed by atoms with Crippen molar-refractivity contribution >= 4 is 11.7 Å². The molecule has 4 N–H and O–H groups in total. The van der Waals surface area contributed by atoms with Gasteiger partial charge in [-0.25, -0.2) is 9.37 Å². The van der Waals surface area contributed by atoms with Crippen molar-refractivity contribution in [1.29, 1.82) is 0 Å². The summed E-state index contributed by atoms with van der Waals surface area (Å²) >= 11 is 0. The van der Waals surface area contributed by atoms with Crippen LogP contribution in [0.1, 0.15) is 27.7 Å². The van der Waals surface area contributed by atoms with Gasteiger partial charge in [0.25, 0.3) is 5.91 Å². The van der Waals surface area contributed by atoms with Crippen molar-refractivity contribution in [2.24, 2.45) is 7.05 Å². The van der Waals surface area contributed by atoms with Crippen LogP contribution in [0.5, 0.6) is 0 Å². The van der Waals surface area contributed by atoms with E-state index in [2.05, 4.69) is 15.4 Å². The minimum Gasteiger partial charge on any atom is -0.394 e. The molecule has 0 radical (unpaired) electrons. The molecular formula is C25H21F4N5O2. The predicted octanol–water partition coefficient (Wildman–Crippen LogP) is 4.35. The molecule has 1 unspecified atom stereocenters. The van der Waals surface area contributed by atoms with Gasteiger partial charge in [0.1, 0.15) is 11.6 Å². The molecule has 2 aromatic carbocycles. The first-order valence-electron chi connectivity index (χ1n) is 10.7. The SMILES string of the molecule is Cn1cc(-c2cnc(N)c(-c3ccc(C(=O)NC(CO)c4ccccc4)c(F)c3)c2)c(C(F)(F)F)n1. The highest BCUT2D eigenvalue weighted by molar-refractivity contribution is 5.95. The number of pyridine rings is 1. The number of aromatic nitrogens is 3. The van der Waals surface area contributed by atoms with Crippen molar-refractivity contribution in [3.05, 3.63) is 89.6 Å². The van der Waals surface area contributed by atoms with Gasteiger partial charge in [-0.1, -0.05) is 36.4 Å². The van der Waals surface area contributed by atoms with Crippen molar-refractivity contribution in [3.63, 3.8) is 0 Å². The number of carbonyl (C=O) groups is 1. The van der Waals surface area contributed by atoms with E-state index in [0.717, 1.165) is 10.7 Å². The third kappa shape index (κ3) is 5.05. The fourth-order valence-electron chi connectivity index (χ4n) is 3.79. The number of aryl methyl sites for hydroxylation is 1. The van der Waals surface area contributed by atoms with E-state index in [9.17, 15) is 27.5 Å². The van der Waals surface area contributed by atoms with E-state index in [-0.39, 0.29) is 33.6 Å². The molecule has 0 bridgehead atoms. The molecule has 0 aliphatic heterocycles. The van der Waals surface area contributed by atoms with Gasteiger partial charge in [-0.2, -0.15) is 18.3 Å². The quantitative estimate of drug-likeness (QED) is 0.342. The number of aliphatic hydroxyl groups is 1. The van der Waals surface area contributed by atoms with Crippen molar-refractivity contribution in [3.8, 4) is 22.3 Å². The normalized spacial score (nSPS) is 12.4. The van der Waals surface area contributed by atoms with Gasteiger partial charge in [-0.3, -0.25) is 9.48 Å². The Labute approximate surface area is 203 Å². The lowest BCUT2D eigenvalue weighted by molar-refractivity contribution is -0.140. The molecular weight excluding hydrogens is 478 g/mol. The summed E-state index contributed by atoms with van der Waals surface area (Å²) in [5.74, 6) is -1.65. The minimum absolute atomic E-state index is 0.0303. The molecule has 2 aromatic heterocycles. The Balaban J connectivity index is 1.65. The zero-order valence-electron chi connectivity index (χ0n) is 18.9. The number of nitrogens with two attached hydrogens (primary N) is 1. The lowest BCUT2D eigenvalue weighted by Crippen LogP contribution is -2.31. The summed E-state index contributed by atoms with van der Waals surface area (Å²) in [4.78, 5) is 16.7. The van der Waals surface area contributed by atoms with E-state index in [0.29, 0.717) is 5.56 Å². The topological polar surface area (TPSA) is 106 Å². The van der Waals surface area contributed by atoms with E-state index in [1.165, 1.54) is 37.6 Å². The second-order valence-corrected chi connectivity index (χ2v) is 8.03. The number of halogens is 4. The molecule has 1 amide bonds. The number of amides is 1. The fraction of sp³-hybridized carbons (Fsp3) is 0.160. The highest BCUT2D eigenvalue weighted by Gasteiger charge is 2.37. The number of nitrogen functional groups attached to an aromatic ring is 1. The Kier molecular flexibility index (Phi) is 6.75.